The smallest absolute Gasteiger partial charge is 0.294 e. The Balaban J connectivity index is 0.00000162. The summed E-state index contributed by atoms with van der Waals surface area (Å²) in [5, 5.41) is 0. The number of benzene rings is 1. The maximum atomic E-state index is 11.0. The molecule has 1 heterocycles. The van der Waals surface area contributed by atoms with Crippen LogP contribution in [-0.2, 0) is 16.7 Å². The molecule has 0 radical (unpaired) electrons. The number of aryl methyl sites for hydroxylation is 1. The van der Waals surface area contributed by atoms with Crippen LogP contribution in [0.15, 0.2) is 45.9 Å². The summed E-state index contributed by atoms with van der Waals surface area (Å²) in [6, 6.07) is 7.71. The van der Waals surface area contributed by atoms with Crippen molar-refractivity contribution in [3.63, 3.8) is 0 Å². The van der Waals surface area contributed by atoms with Gasteiger partial charge in [-0.1, -0.05) is 12.1 Å². The van der Waals surface area contributed by atoms with Gasteiger partial charge >= 0.3 is 0 Å². The SMILES string of the molecule is CC[n+]1ccc(-c2cccc(S(=O)(=O)O)c2)o1.[H-]. The summed E-state index contributed by atoms with van der Waals surface area (Å²) in [5.74, 6) is 0.553. The predicted molar refractivity (Wildman–Crippen MR) is 60.9 cm³/mol. The Labute approximate surface area is 101 Å². The molecular formula is C11H13NO4S. The van der Waals surface area contributed by atoms with Gasteiger partial charge in [0.05, 0.1) is 11.0 Å². The third kappa shape index (κ3) is 2.54. The normalized spacial score (nSPS) is 11.6. The Morgan fingerprint density at radius 3 is 2.76 bits per heavy atom. The first-order valence-electron chi connectivity index (χ1n) is 5.08. The highest BCUT2D eigenvalue weighted by Crippen LogP contribution is 2.21. The summed E-state index contributed by atoms with van der Waals surface area (Å²) in [7, 11) is -4.18. The Bertz CT molecular complexity index is 636. The van der Waals surface area contributed by atoms with Gasteiger partial charge in [0, 0.05) is 5.56 Å². The Kier molecular flexibility index (Phi) is 2.99. The largest absolute Gasteiger partial charge is 1.00 e. The van der Waals surface area contributed by atoms with Gasteiger partial charge in [-0.2, -0.15) is 8.42 Å². The lowest BCUT2D eigenvalue weighted by Crippen LogP contribution is -2.27. The fourth-order valence-electron chi connectivity index (χ4n) is 1.47. The number of hydrogen-bond acceptors (Lipinski definition) is 3. The van der Waals surface area contributed by atoms with Crippen LogP contribution in [0.3, 0.4) is 0 Å². The summed E-state index contributed by atoms with van der Waals surface area (Å²) in [6.45, 7) is 2.62. The zero-order valence-electron chi connectivity index (χ0n) is 10.2. The van der Waals surface area contributed by atoms with Gasteiger partial charge < -0.3 is 1.43 Å². The third-order valence-electron chi connectivity index (χ3n) is 2.34. The molecule has 17 heavy (non-hydrogen) atoms. The molecule has 1 aromatic heterocycles. The van der Waals surface area contributed by atoms with E-state index in [-0.39, 0.29) is 6.32 Å². The second-order valence-electron chi connectivity index (χ2n) is 3.51. The maximum absolute atomic E-state index is 11.0. The molecule has 0 saturated carbocycles. The van der Waals surface area contributed by atoms with E-state index in [2.05, 4.69) is 0 Å². The van der Waals surface area contributed by atoms with Crippen LogP contribution >= 0.6 is 0 Å². The average molecular weight is 255 g/mol. The van der Waals surface area contributed by atoms with Gasteiger partial charge in [-0.05, 0) is 23.8 Å². The second-order valence-corrected chi connectivity index (χ2v) is 4.93. The summed E-state index contributed by atoms with van der Waals surface area (Å²) in [4.78, 5) is -0.144. The minimum absolute atomic E-state index is 0. The number of rotatable bonds is 3. The van der Waals surface area contributed by atoms with E-state index in [1.54, 1.807) is 29.1 Å². The van der Waals surface area contributed by atoms with Crippen LogP contribution in [0, 0.1) is 0 Å². The molecule has 0 saturated heterocycles. The zero-order chi connectivity index (χ0) is 12.5. The predicted octanol–water partition coefficient (Wildman–Crippen LogP) is 1.61. The molecule has 0 aliphatic rings. The molecule has 0 atom stereocenters. The standard InChI is InChI=1S/C11H11NO4S.H/c1-2-12-7-6-11(16-12)9-4-3-5-10(8-9)17(13,14)15;/h3-8H,2H2,1H3;/q;-1/p+1. The van der Waals surface area contributed by atoms with Crippen molar-refractivity contribution in [3.05, 3.63) is 36.5 Å². The first kappa shape index (κ1) is 11.8. The maximum Gasteiger partial charge on any atom is 0.294 e. The highest BCUT2D eigenvalue weighted by Gasteiger charge is 2.14. The molecule has 5 nitrogen and oxygen atoms in total. The highest BCUT2D eigenvalue weighted by atomic mass is 32.2. The van der Waals surface area contributed by atoms with Gasteiger partial charge in [-0.3, -0.25) is 4.55 Å². The van der Waals surface area contributed by atoms with Crippen molar-refractivity contribution >= 4 is 10.1 Å². The van der Waals surface area contributed by atoms with Crippen LogP contribution in [0.4, 0.5) is 0 Å². The minimum atomic E-state index is -4.18. The van der Waals surface area contributed by atoms with Crippen molar-refractivity contribution in [2.24, 2.45) is 0 Å². The highest BCUT2D eigenvalue weighted by molar-refractivity contribution is 7.85. The van der Waals surface area contributed by atoms with Gasteiger partial charge in [0.25, 0.3) is 10.1 Å². The molecule has 0 fully saturated rings. The Morgan fingerprint density at radius 2 is 2.18 bits per heavy atom. The van der Waals surface area contributed by atoms with Crippen molar-refractivity contribution in [2.45, 2.75) is 18.4 Å². The molecule has 0 unspecified atom stereocenters. The number of aromatic nitrogens is 1. The summed E-state index contributed by atoms with van der Waals surface area (Å²) in [6.07, 6.45) is 1.76. The van der Waals surface area contributed by atoms with E-state index in [0.29, 0.717) is 17.9 Å². The van der Waals surface area contributed by atoms with E-state index in [1.165, 1.54) is 12.1 Å². The van der Waals surface area contributed by atoms with E-state index in [4.69, 9.17) is 9.08 Å². The van der Waals surface area contributed by atoms with Crippen LogP contribution in [-0.4, -0.2) is 13.0 Å². The molecule has 6 heteroatoms. The molecule has 0 spiro atoms. The molecule has 1 aromatic carbocycles. The fourth-order valence-corrected chi connectivity index (χ4v) is 1.99. The Morgan fingerprint density at radius 1 is 1.41 bits per heavy atom. The summed E-state index contributed by atoms with van der Waals surface area (Å²) < 4.78 is 38.0. The van der Waals surface area contributed by atoms with Crippen LogP contribution in [0.2, 0.25) is 0 Å². The average Bonchev–Trinajstić information content (AvgIpc) is 2.76. The van der Waals surface area contributed by atoms with Crippen LogP contribution in [0.5, 0.6) is 0 Å². The first-order valence-corrected chi connectivity index (χ1v) is 6.52. The molecule has 0 bridgehead atoms. The molecule has 1 N–H and O–H groups in total. The molecule has 0 aliphatic carbocycles. The lowest BCUT2D eigenvalue weighted by Gasteiger charge is -1.98. The zero-order valence-corrected chi connectivity index (χ0v) is 10.0. The lowest BCUT2D eigenvalue weighted by atomic mass is 10.2. The molecule has 0 aliphatic heterocycles. The van der Waals surface area contributed by atoms with E-state index >= 15 is 0 Å². The third-order valence-corrected chi connectivity index (χ3v) is 3.19. The summed E-state index contributed by atoms with van der Waals surface area (Å²) in [5.41, 5.74) is 0.604. The van der Waals surface area contributed by atoms with Gasteiger partial charge in [0.2, 0.25) is 12.0 Å². The van der Waals surface area contributed by atoms with E-state index in [1.807, 2.05) is 6.92 Å². The van der Waals surface area contributed by atoms with Gasteiger partial charge in [-0.15, -0.1) is 0 Å². The van der Waals surface area contributed by atoms with E-state index in [0.717, 1.165) is 0 Å². The van der Waals surface area contributed by atoms with E-state index < -0.39 is 10.1 Å². The monoisotopic (exact) mass is 255 g/mol. The van der Waals surface area contributed by atoms with Gasteiger partial charge in [0.15, 0.2) is 6.54 Å². The fraction of sp³-hybridized carbons (Fsp3) is 0.182. The first-order chi connectivity index (χ1) is 8.00. The molecule has 0 amide bonds. The van der Waals surface area contributed by atoms with Gasteiger partial charge in [0.1, 0.15) is 0 Å². The van der Waals surface area contributed by atoms with Crippen LogP contribution in [0.1, 0.15) is 8.35 Å². The van der Waals surface area contributed by atoms with E-state index in [9.17, 15) is 8.42 Å². The molecule has 2 aromatic rings. The molecule has 92 valence electrons. The molecule has 2 rings (SSSR count). The Hall–Kier alpha value is -1.66. The second kappa shape index (κ2) is 4.31. The van der Waals surface area contributed by atoms with Crippen molar-refractivity contribution in [1.82, 2.24) is 0 Å². The van der Waals surface area contributed by atoms with Crippen molar-refractivity contribution < 1.29 is 23.7 Å². The number of nitrogens with zero attached hydrogens (tertiary/aromatic N) is 1. The van der Waals surface area contributed by atoms with Crippen LogP contribution < -0.4 is 4.74 Å². The van der Waals surface area contributed by atoms with Crippen molar-refractivity contribution in [2.75, 3.05) is 0 Å². The molecular weight excluding hydrogens is 242 g/mol. The van der Waals surface area contributed by atoms with Crippen molar-refractivity contribution in [3.8, 4) is 11.3 Å². The number of hydrogen-bond donors (Lipinski definition) is 1. The van der Waals surface area contributed by atoms with Crippen LogP contribution in [0.25, 0.3) is 11.3 Å². The topological polar surface area (TPSA) is 71.4 Å². The summed E-state index contributed by atoms with van der Waals surface area (Å²) >= 11 is 0. The van der Waals surface area contributed by atoms with Crippen molar-refractivity contribution in [1.29, 1.82) is 0 Å². The quantitative estimate of drug-likeness (QED) is 0.668. The lowest BCUT2D eigenvalue weighted by molar-refractivity contribution is -0.860. The minimum Gasteiger partial charge on any atom is -1.00 e. The van der Waals surface area contributed by atoms with Gasteiger partial charge in [-0.25, -0.2) is 4.52 Å².